The Kier molecular flexibility index (Phi) is 9.72. The van der Waals surface area contributed by atoms with E-state index < -0.39 is 11.8 Å². The first kappa shape index (κ1) is 29.6. The number of aromatic nitrogens is 2. The molecule has 0 amide bonds. The van der Waals surface area contributed by atoms with Crippen LogP contribution >= 0.6 is 0 Å². The molecule has 229 valence electrons. The van der Waals surface area contributed by atoms with E-state index in [4.69, 9.17) is 1.37 Å². The average Bonchev–Trinajstić information content (AvgIpc) is 3.06. The van der Waals surface area contributed by atoms with Gasteiger partial charge in [-0.3, -0.25) is 4.98 Å². The number of hydrogen-bond donors (Lipinski definition) is 1. The Morgan fingerprint density at radius 2 is 1.38 bits per heavy atom. The molecule has 1 N–H and O–H groups in total. The summed E-state index contributed by atoms with van der Waals surface area (Å²) in [4.78, 5) is 8.88. The third kappa shape index (κ3) is 7.76. The molecular formula is C41H39IrN2O-. The molecule has 0 unspecified atom stereocenters. The van der Waals surface area contributed by atoms with Gasteiger partial charge in [0.25, 0.3) is 0 Å². The molecule has 0 saturated heterocycles. The van der Waals surface area contributed by atoms with Crippen LogP contribution in [-0.4, -0.2) is 15.1 Å². The van der Waals surface area contributed by atoms with Crippen molar-refractivity contribution in [3.05, 3.63) is 149 Å². The number of aryl methyl sites for hydroxylation is 3. The van der Waals surface area contributed by atoms with Crippen LogP contribution in [0.3, 0.4) is 0 Å². The number of benzene rings is 4. The van der Waals surface area contributed by atoms with Gasteiger partial charge >= 0.3 is 0 Å². The molecule has 7 rings (SSSR count). The molecule has 2 heterocycles. The Hall–Kier alpha value is -4.11. The van der Waals surface area contributed by atoms with Gasteiger partial charge in [0.15, 0.2) is 0 Å². The van der Waals surface area contributed by atoms with Crippen LogP contribution in [0.15, 0.2) is 116 Å². The number of phenolic OH excluding ortho intramolecular Hbond substituents is 1. The van der Waals surface area contributed by atoms with E-state index in [1.165, 1.54) is 5.56 Å². The van der Waals surface area contributed by atoms with Crippen molar-refractivity contribution in [3.8, 4) is 28.3 Å². The molecule has 4 heteroatoms. The standard InChI is InChI=1S/C29H28N.C12H11NO.Ir/c1-20-16-21(2)18-27(17-20)29-28-13-12-25(19-26(28)14-15-30-29)24-10-8-23(9-11-24)22-6-4-3-5-7-22;1-9-6-7-13-11(8-9)10-4-2-3-5-12(10)14;/h3-7,12-17,19,23-24H,8-11H2,1-2H3;2-8,14H,1H3;/q-1;;/i23D,24D;;. The minimum absolute atomic E-state index is 0. The molecule has 0 atom stereocenters. The van der Waals surface area contributed by atoms with Crippen LogP contribution in [0.1, 0.15) is 68.0 Å². The molecule has 1 saturated carbocycles. The summed E-state index contributed by atoms with van der Waals surface area (Å²) in [6, 6.07) is 37.4. The van der Waals surface area contributed by atoms with E-state index in [1.807, 2.05) is 61.7 Å². The molecule has 2 aromatic heterocycles. The molecule has 45 heavy (non-hydrogen) atoms. The van der Waals surface area contributed by atoms with Crippen molar-refractivity contribution in [2.24, 2.45) is 0 Å². The van der Waals surface area contributed by atoms with Crippen LogP contribution in [0.4, 0.5) is 0 Å². The molecule has 1 aliphatic carbocycles. The largest absolute Gasteiger partial charge is 0.507 e. The molecular weight excluding hydrogens is 729 g/mol. The van der Waals surface area contributed by atoms with Gasteiger partial charge in [0.1, 0.15) is 5.75 Å². The summed E-state index contributed by atoms with van der Waals surface area (Å²) in [5.41, 5.74) is 9.11. The van der Waals surface area contributed by atoms with Crippen LogP contribution in [-0.2, 0) is 20.1 Å². The van der Waals surface area contributed by atoms with E-state index >= 15 is 0 Å². The summed E-state index contributed by atoms with van der Waals surface area (Å²) in [6.45, 7) is 6.17. The van der Waals surface area contributed by atoms with Crippen LogP contribution in [0.5, 0.6) is 5.75 Å². The van der Waals surface area contributed by atoms with Crippen molar-refractivity contribution >= 4 is 10.8 Å². The minimum atomic E-state index is -0.650. The minimum Gasteiger partial charge on any atom is -0.507 e. The first-order valence-electron chi connectivity index (χ1n) is 16.3. The zero-order valence-electron chi connectivity index (χ0n) is 28.0. The summed E-state index contributed by atoms with van der Waals surface area (Å²) in [5, 5.41) is 11.8. The van der Waals surface area contributed by atoms with E-state index in [0.29, 0.717) is 25.7 Å². The molecule has 0 aliphatic heterocycles. The van der Waals surface area contributed by atoms with Crippen molar-refractivity contribution in [2.75, 3.05) is 0 Å². The second kappa shape index (κ2) is 14.8. The topological polar surface area (TPSA) is 46.0 Å². The maximum absolute atomic E-state index is 9.61. The molecule has 0 spiro atoms. The Balaban J connectivity index is 0.000000243. The number of hydrogen-bond acceptors (Lipinski definition) is 3. The first-order valence-corrected chi connectivity index (χ1v) is 15.3. The Labute approximate surface area is 283 Å². The quantitative estimate of drug-likeness (QED) is 0.182. The van der Waals surface area contributed by atoms with Gasteiger partial charge in [-0.1, -0.05) is 74.5 Å². The molecule has 1 fully saturated rings. The van der Waals surface area contributed by atoms with E-state index in [0.717, 1.165) is 55.5 Å². The van der Waals surface area contributed by atoms with E-state index in [-0.39, 0.29) is 25.9 Å². The fourth-order valence-electron chi connectivity index (χ4n) is 6.11. The molecule has 6 aromatic rings. The van der Waals surface area contributed by atoms with Gasteiger partial charge in [-0.05, 0) is 108 Å². The van der Waals surface area contributed by atoms with Gasteiger partial charge in [-0.2, -0.15) is 0 Å². The SMILES string of the molecule is Cc1ccnc(-c2ccccc2O)c1.[2H]C1(c2ccccc2)CCC([2H])(c2ccc3c(-c4[c-]c(C)cc(C)c4)nccc3c2)CC1.[Ir]. The monoisotopic (exact) mass is 770 g/mol. The van der Waals surface area contributed by atoms with Crippen molar-refractivity contribution < 1.29 is 28.0 Å². The number of aromatic hydroxyl groups is 1. The normalized spacial score (nSPS) is 19.8. The Morgan fingerprint density at radius 3 is 2.09 bits per heavy atom. The Bertz CT molecular complexity index is 1970. The average molecular weight is 770 g/mol. The predicted octanol–water partition coefficient (Wildman–Crippen LogP) is 10.5. The van der Waals surface area contributed by atoms with Crippen molar-refractivity contribution in [1.82, 2.24) is 9.97 Å². The number of para-hydroxylation sites is 1. The molecule has 0 bridgehead atoms. The summed E-state index contributed by atoms with van der Waals surface area (Å²) in [7, 11) is 0. The van der Waals surface area contributed by atoms with Crippen LogP contribution in [0.25, 0.3) is 33.3 Å². The van der Waals surface area contributed by atoms with Gasteiger partial charge in [-0.25, -0.2) is 0 Å². The third-order valence-electron chi connectivity index (χ3n) is 8.31. The maximum atomic E-state index is 9.61. The zero-order chi connectivity index (χ0) is 32.3. The van der Waals surface area contributed by atoms with Crippen LogP contribution in [0.2, 0.25) is 0 Å². The molecule has 4 aromatic carbocycles. The van der Waals surface area contributed by atoms with Gasteiger partial charge in [0, 0.05) is 40.8 Å². The van der Waals surface area contributed by atoms with Crippen molar-refractivity contribution in [1.29, 1.82) is 0 Å². The van der Waals surface area contributed by atoms with Crippen molar-refractivity contribution in [2.45, 2.75) is 58.2 Å². The second-order valence-corrected chi connectivity index (χ2v) is 11.7. The van der Waals surface area contributed by atoms with Gasteiger partial charge in [0.2, 0.25) is 0 Å². The van der Waals surface area contributed by atoms with E-state index in [2.05, 4.69) is 72.3 Å². The van der Waals surface area contributed by atoms with E-state index in [1.54, 1.807) is 18.3 Å². The van der Waals surface area contributed by atoms with Gasteiger partial charge in [0.05, 0.1) is 5.69 Å². The van der Waals surface area contributed by atoms with Crippen molar-refractivity contribution in [3.63, 3.8) is 0 Å². The number of nitrogens with zero attached hydrogens (tertiary/aromatic N) is 2. The summed E-state index contributed by atoms with van der Waals surface area (Å²) in [5.74, 6) is -0.965. The fourth-order valence-corrected chi connectivity index (χ4v) is 6.11. The van der Waals surface area contributed by atoms with Gasteiger partial charge < -0.3 is 10.1 Å². The first-order chi connectivity index (χ1) is 22.1. The second-order valence-electron chi connectivity index (χ2n) is 11.7. The summed E-state index contributed by atoms with van der Waals surface area (Å²) in [6.07, 6.45) is 6.40. The summed E-state index contributed by atoms with van der Waals surface area (Å²) >= 11 is 0. The van der Waals surface area contributed by atoms with E-state index in [9.17, 15) is 6.48 Å². The number of rotatable bonds is 4. The maximum Gasteiger partial charge on any atom is 0.124 e. The number of phenols is 1. The number of fused-ring (bicyclic) bond motifs is 1. The summed E-state index contributed by atoms with van der Waals surface area (Å²) < 4.78 is 18.2. The molecule has 3 nitrogen and oxygen atoms in total. The van der Waals surface area contributed by atoms with Crippen LogP contribution in [0, 0.1) is 26.8 Å². The van der Waals surface area contributed by atoms with Crippen LogP contribution < -0.4 is 0 Å². The molecule has 1 radical (unpaired) electrons. The molecule has 1 aliphatic rings. The third-order valence-corrected chi connectivity index (χ3v) is 8.31. The smallest absolute Gasteiger partial charge is 0.124 e. The number of pyridine rings is 2. The van der Waals surface area contributed by atoms with Gasteiger partial charge in [-0.15, -0.1) is 34.9 Å². The predicted molar refractivity (Wildman–Crippen MR) is 182 cm³/mol. The zero-order valence-corrected chi connectivity index (χ0v) is 28.4. The fraction of sp³-hybridized carbons (Fsp3) is 0.220. The Morgan fingerprint density at radius 1 is 0.689 bits per heavy atom.